The maximum atomic E-state index is 12.4. The predicted octanol–water partition coefficient (Wildman–Crippen LogP) is 3.80. The molecule has 0 unspecified atom stereocenters. The summed E-state index contributed by atoms with van der Waals surface area (Å²) in [6.07, 6.45) is 0. The topological polar surface area (TPSA) is 49.4 Å². The minimum atomic E-state index is -0.606. The molecule has 0 aliphatic carbocycles. The van der Waals surface area contributed by atoms with Gasteiger partial charge in [0.1, 0.15) is 0 Å². The van der Waals surface area contributed by atoms with Crippen LogP contribution in [-0.4, -0.2) is 23.3 Å². The van der Waals surface area contributed by atoms with Crippen molar-refractivity contribution in [2.24, 2.45) is 0 Å². The first-order valence-corrected chi connectivity index (χ1v) is 8.25. The summed E-state index contributed by atoms with van der Waals surface area (Å²) >= 11 is 0. The lowest BCUT2D eigenvalue weighted by atomic mass is 10.0. The lowest BCUT2D eigenvalue weighted by Crippen LogP contribution is -2.39. The Morgan fingerprint density at radius 3 is 2.17 bits per heavy atom. The molecule has 2 amide bonds. The van der Waals surface area contributed by atoms with Crippen molar-refractivity contribution in [3.05, 3.63) is 65.7 Å². The monoisotopic (exact) mass is 324 g/mol. The van der Waals surface area contributed by atoms with Gasteiger partial charge in [0.25, 0.3) is 0 Å². The van der Waals surface area contributed by atoms with E-state index in [4.69, 9.17) is 0 Å². The Bertz CT molecular complexity index is 679. The molecule has 0 atom stereocenters. The molecule has 0 saturated carbocycles. The number of hydrogen-bond donors (Lipinski definition) is 1. The molecule has 0 fully saturated rings. The Morgan fingerprint density at radius 2 is 1.62 bits per heavy atom. The summed E-state index contributed by atoms with van der Waals surface area (Å²) in [4.78, 5) is 26.1. The number of nitrogens with zero attached hydrogens (tertiary/aromatic N) is 1. The molecule has 2 aromatic carbocycles. The predicted molar refractivity (Wildman–Crippen MR) is 96.7 cm³/mol. The Morgan fingerprint density at radius 1 is 1.00 bits per heavy atom. The normalized spacial score (nSPS) is 10.5. The van der Waals surface area contributed by atoms with Crippen LogP contribution in [0.4, 0.5) is 5.69 Å². The average molecular weight is 324 g/mol. The molecule has 1 N–H and O–H groups in total. The molecule has 0 saturated heterocycles. The minimum Gasteiger partial charge on any atom is -0.330 e. The Labute approximate surface area is 143 Å². The molecule has 0 bridgehead atoms. The van der Waals surface area contributed by atoms with E-state index in [0.29, 0.717) is 24.7 Å². The number of anilines is 1. The van der Waals surface area contributed by atoms with E-state index in [-0.39, 0.29) is 0 Å². The van der Waals surface area contributed by atoms with Crippen molar-refractivity contribution in [2.75, 3.05) is 11.9 Å². The van der Waals surface area contributed by atoms with E-state index in [1.54, 1.807) is 0 Å². The van der Waals surface area contributed by atoms with Crippen molar-refractivity contribution < 1.29 is 9.59 Å². The third-order valence-electron chi connectivity index (χ3n) is 3.91. The average Bonchev–Trinajstić information content (AvgIpc) is 2.60. The highest BCUT2D eigenvalue weighted by molar-refractivity contribution is 6.39. The van der Waals surface area contributed by atoms with Crippen LogP contribution in [0.5, 0.6) is 0 Å². The summed E-state index contributed by atoms with van der Waals surface area (Å²) in [5.74, 6) is -0.697. The van der Waals surface area contributed by atoms with Gasteiger partial charge < -0.3 is 10.2 Å². The van der Waals surface area contributed by atoms with E-state index >= 15 is 0 Å². The molecular weight excluding hydrogens is 300 g/mol. The van der Waals surface area contributed by atoms with Gasteiger partial charge in [0, 0.05) is 18.8 Å². The Balaban J connectivity index is 2.00. The highest BCUT2D eigenvalue weighted by atomic mass is 16.2. The number of benzene rings is 2. The zero-order valence-electron chi connectivity index (χ0n) is 14.5. The number of likely N-dealkylation sites (N-methyl/N-ethyl adjacent to an activating group) is 1. The zero-order chi connectivity index (χ0) is 17.5. The number of hydrogen-bond acceptors (Lipinski definition) is 2. The molecule has 0 aliphatic heterocycles. The van der Waals surface area contributed by atoms with Gasteiger partial charge in [0.15, 0.2) is 0 Å². The van der Waals surface area contributed by atoms with Crippen molar-refractivity contribution in [1.29, 1.82) is 0 Å². The van der Waals surface area contributed by atoms with Gasteiger partial charge in [0.05, 0.1) is 0 Å². The van der Waals surface area contributed by atoms with Crippen LogP contribution in [0.2, 0.25) is 0 Å². The fraction of sp³-hybridized carbons (Fsp3) is 0.300. The second-order valence-corrected chi connectivity index (χ2v) is 6.04. The van der Waals surface area contributed by atoms with E-state index in [0.717, 1.165) is 5.56 Å². The van der Waals surface area contributed by atoms with E-state index in [9.17, 15) is 9.59 Å². The van der Waals surface area contributed by atoms with Gasteiger partial charge in [-0.25, -0.2) is 0 Å². The van der Waals surface area contributed by atoms with Crippen molar-refractivity contribution >= 4 is 17.5 Å². The Kier molecular flexibility index (Phi) is 6.13. The van der Waals surface area contributed by atoms with Crippen LogP contribution < -0.4 is 5.32 Å². The maximum Gasteiger partial charge on any atom is 0.313 e. The van der Waals surface area contributed by atoms with Crippen molar-refractivity contribution in [2.45, 2.75) is 33.2 Å². The second kappa shape index (κ2) is 8.29. The largest absolute Gasteiger partial charge is 0.330 e. The molecule has 0 spiro atoms. The lowest BCUT2D eigenvalue weighted by Gasteiger charge is -2.20. The van der Waals surface area contributed by atoms with Crippen LogP contribution in [0, 0.1) is 0 Å². The third kappa shape index (κ3) is 4.69. The summed E-state index contributed by atoms with van der Waals surface area (Å²) < 4.78 is 0. The summed E-state index contributed by atoms with van der Waals surface area (Å²) in [5, 5.41) is 2.68. The molecule has 0 heterocycles. The van der Waals surface area contributed by atoms with Gasteiger partial charge in [-0.3, -0.25) is 9.59 Å². The van der Waals surface area contributed by atoms with Crippen LogP contribution in [0.15, 0.2) is 54.6 Å². The SMILES string of the molecule is CCN(Cc1ccccc1)C(=O)C(=O)Nc1ccc(C(C)C)cc1. The first kappa shape index (κ1) is 17.7. The zero-order valence-corrected chi connectivity index (χ0v) is 14.5. The van der Waals surface area contributed by atoms with E-state index in [1.807, 2.05) is 61.5 Å². The number of carbonyl (C=O) groups excluding carboxylic acids is 2. The van der Waals surface area contributed by atoms with E-state index in [1.165, 1.54) is 10.5 Å². The highest BCUT2D eigenvalue weighted by Crippen LogP contribution is 2.17. The quantitative estimate of drug-likeness (QED) is 0.851. The molecule has 2 rings (SSSR count). The molecule has 24 heavy (non-hydrogen) atoms. The fourth-order valence-corrected chi connectivity index (χ4v) is 2.41. The molecule has 2 aromatic rings. The van der Waals surface area contributed by atoms with Crippen LogP contribution in [0.1, 0.15) is 37.8 Å². The number of amides is 2. The van der Waals surface area contributed by atoms with Gasteiger partial charge in [-0.15, -0.1) is 0 Å². The van der Waals surface area contributed by atoms with Crippen LogP contribution in [0.25, 0.3) is 0 Å². The summed E-state index contributed by atoms with van der Waals surface area (Å²) in [7, 11) is 0. The van der Waals surface area contributed by atoms with E-state index in [2.05, 4.69) is 19.2 Å². The van der Waals surface area contributed by atoms with Gasteiger partial charge >= 0.3 is 11.8 Å². The lowest BCUT2D eigenvalue weighted by molar-refractivity contribution is -0.143. The minimum absolute atomic E-state index is 0.426. The first-order chi connectivity index (χ1) is 11.5. The van der Waals surface area contributed by atoms with Gasteiger partial charge in [0.2, 0.25) is 0 Å². The van der Waals surface area contributed by atoms with Crippen molar-refractivity contribution in [1.82, 2.24) is 4.90 Å². The third-order valence-corrected chi connectivity index (χ3v) is 3.91. The number of nitrogens with one attached hydrogen (secondary N) is 1. The summed E-state index contributed by atoms with van der Waals surface area (Å²) in [6.45, 7) is 6.99. The molecule has 126 valence electrons. The van der Waals surface area contributed by atoms with Gasteiger partial charge in [-0.05, 0) is 36.1 Å². The van der Waals surface area contributed by atoms with E-state index < -0.39 is 11.8 Å². The fourth-order valence-electron chi connectivity index (χ4n) is 2.41. The molecule has 4 heteroatoms. The second-order valence-electron chi connectivity index (χ2n) is 6.04. The van der Waals surface area contributed by atoms with Gasteiger partial charge in [-0.1, -0.05) is 56.3 Å². The van der Waals surface area contributed by atoms with Gasteiger partial charge in [-0.2, -0.15) is 0 Å². The number of rotatable bonds is 5. The smallest absolute Gasteiger partial charge is 0.313 e. The summed E-state index contributed by atoms with van der Waals surface area (Å²) in [5.41, 5.74) is 2.83. The van der Waals surface area contributed by atoms with Crippen LogP contribution in [0.3, 0.4) is 0 Å². The molecule has 0 aliphatic rings. The molecule has 0 aromatic heterocycles. The standard InChI is InChI=1S/C20H24N2O2/c1-4-22(14-16-8-6-5-7-9-16)20(24)19(23)21-18-12-10-17(11-13-18)15(2)3/h5-13,15H,4,14H2,1-3H3,(H,21,23). The molecule has 0 radical (unpaired) electrons. The maximum absolute atomic E-state index is 12.4. The van der Waals surface area contributed by atoms with Crippen LogP contribution >= 0.6 is 0 Å². The Hall–Kier alpha value is -2.62. The highest BCUT2D eigenvalue weighted by Gasteiger charge is 2.20. The molecular formula is C20H24N2O2. The summed E-state index contributed by atoms with van der Waals surface area (Å²) in [6, 6.07) is 17.2. The first-order valence-electron chi connectivity index (χ1n) is 8.25. The van der Waals surface area contributed by atoms with Crippen molar-refractivity contribution in [3.8, 4) is 0 Å². The molecule has 4 nitrogen and oxygen atoms in total. The van der Waals surface area contributed by atoms with Crippen molar-refractivity contribution in [3.63, 3.8) is 0 Å². The number of carbonyl (C=O) groups is 2. The van der Waals surface area contributed by atoms with Crippen LogP contribution in [-0.2, 0) is 16.1 Å².